The van der Waals surface area contributed by atoms with Crippen molar-refractivity contribution < 1.29 is 14.3 Å². The highest BCUT2D eigenvalue weighted by Gasteiger charge is 2.24. The van der Waals surface area contributed by atoms with E-state index in [0.29, 0.717) is 25.0 Å². The normalized spacial score (nSPS) is 13.3. The highest BCUT2D eigenvalue weighted by molar-refractivity contribution is 5.72. The molecule has 0 spiro atoms. The lowest BCUT2D eigenvalue weighted by Gasteiger charge is -2.21. The Morgan fingerprint density at radius 3 is 2.13 bits per heavy atom. The molecule has 0 fully saturated rings. The van der Waals surface area contributed by atoms with Crippen molar-refractivity contribution in [3.8, 4) is 0 Å². The highest BCUT2D eigenvalue weighted by atomic mass is 16.6. The second-order valence-electron chi connectivity index (χ2n) is 4.64. The molecule has 0 amide bonds. The first-order valence-electron chi connectivity index (χ1n) is 5.64. The summed E-state index contributed by atoms with van der Waals surface area (Å²) in [4.78, 5) is 11.7. The molecule has 0 saturated carbocycles. The van der Waals surface area contributed by atoms with Gasteiger partial charge in [-0.15, -0.1) is 0 Å². The molecule has 0 bridgehead atoms. The van der Waals surface area contributed by atoms with E-state index in [9.17, 15) is 4.79 Å². The van der Waals surface area contributed by atoms with E-state index in [1.165, 1.54) is 0 Å². The fraction of sp³-hybridized carbons (Fsp3) is 0.917. The van der Waals surface area contributed by atoms with Crippen LogP contribution in [0.1, 0.15) is 34.1 Å². The van der Waals surface area contributed by atoms with Crippen molar-refractivity contribution in [3.63, 3.8) is 0 Å². The molecule has 0 rings (SSSR count). The Kier molecular flexibility index (Phi) is 7.39. The van der Waals surface area contributed by atoms with Crippen molar-refractivity contribution in [2.45, 2.75) is 34.1 Å². The second-order valence-corrected chi connectivity index (χ2v) is 4.64. The molecule has 0 heterocycles. The Morgan fingerprint density at radius 1 is 1.13 bits per heavy atom. The Morgan fingerprint density at radius 2 is 1.73 bits per heavy atom. The zero-order chi connectivity index (χ0) is 11.8. The van der Waals surface area contributed by atoms with Gasteiger partial charge in [0.2, 0.25) is 0 Å². The Balaban J connectivity index is 4.05. The minimum Gasteiger partial charge on any atom is -0.463 e. The summed E-state index contributed by atoms with van der Waals surface area (Å²) in [7, 11) is 1.60. The number of rotatable bonds is 7. The third kappa shape index (κ3) is 6.50. The molecule has 0 aromatic heterocycles. The van der Waals surface area contributed by atoms with Crippen LogP contribution in [0.3, 0.4) is 0 Å². The van der Waals surface area contributed by atoms with Gasteiger partial charge in [-0.1, -0.05) is 27.7 Å². The quantitative estimate of drug-likeness (QED) is 0.484. The Labute approximate surface area is 93.1 Å². The Hall–Kier alpha value is -0.570. The van der Waals surface area contributed by atoms with Crippen molar-refractivity contribution in [1.29, 1.82) is 0 Å². The van der Waals surface area contributed by atoms with Gasteiger partial charge in [0.05, 0.1) is 12.5 Å². The summed E-state index contributed by atoms with van der Waals surface area (Å²) in [5, 5.41) is 0. The van der Waals surface area contributed by atoms with Crippen LogP contribution in [0.4, 0.5) is 0 Å². The van der Waals surface area contributed by atoms with Crippen LogP contribution in [-0.2, 0) is 14.3 Å². The summed E-state index contributed by atoms with van der Waals surface area (Å²) in [5.74, 6) is 0.785. The number of esters is 1. The van der Waals surface area contributed by atoms with Crippen molar-refractivity contribution in [3.05, 3.63) is 0 Å². The highest BCUT2D eigenvalue weighted by Crippen LogP contribution is 2.21. The van der Waals surface area contributed by atoms with E-state index in [1.54, 1.807) is 7.11 Å². The largest absolute Gasteiger partial charge is 0.463 e. The molecule has 3 nitrogen and oxygen atoms in total. The number of hydrogen-bond acceptors (Lipinski definition) is 3. The van der Waals surface area contributed by atoms with Gasteiger partial charge in [-0.05, 0) is 18.3 Å². The average Bonchev–Trinajstić information content (AvgIpc) is 2.13. The van der Waals surface area contributed by atoms with Gasteiger partial charge in [-0.3, -0.25) is 4.79 Å². The molecule has 0 aliphatic rings. The average molecular weight is 216 g/mol. The predicted octanol–water partition coefficient (Wildman–Crippen LogP) is 2.49. The minimum absolute atomic E-state index is 0.0156. The van der Waals surface area contributed by atoms with Crippen LogP contribution in [0, 0.1) is 17.8 Å². The lowest BCUT2D eigenvalue weighted by atomic mass is 9.88. The molecule has 0 radical (unpaired) electrons. The van der Waals surface area contributed by atoms with Crippen molar-refractivity contribution in [1.82, 2.24) is 0 Å². The maximum atomic E-state index is 11.7. The SMILES string of the molecule is COCCOC(=O)C(CC(C)C)C(C)C. The summed E-state index contributed by atoms with van der Waals surface area (Å²) in [6.45, 7) is 9.19. The molecule has 1 atom stereocenters. The smallest absolute Gasteiger partial charge is 0.309 e. The molecule has 0 aromatic carbocycles. The maximum absolute atomic E-state index is 11.7. The molecule has 0 aliphatic heterocycles. The van der Waals surface area contributed by atoms with Crippen LogP contribution in [-0.4, -0.2) is 26.3 Å². The third-order valence-corrected chi connectivity index (χ3v) is 2.36. The van der Waals surface area contributed by atoms with Crippen LogP contribution in [0.2, 0.25) is 0 Å². The van der Waals surface area contributed by atoms with Crippen molar-refractivity contribution in [2.75, 3.05) is 20.3 Å². The van der Waals surface area contributed by atoms with E-state index in [-0.39, 0.29) is 11.9 Å². The van der Waals surface area contributed by atoms with E-state index < -0.39 is 0 Å². The molecule has 0 aromatic rings. The molecule has 90 valence electrons. The molecular formula is C12H24O3. The summed E-state index contributed by atoms with van der Waals surface area (Å²) in [6, 6.07) is 0. The van der Waals surface area contributed by atoms with Gasteiger partial charge in [-0.2, -0.15) is 0 Å². The van der Waals surface area contributed by atoms with Crippen LogP contribution in [0.25, 0.3) is 0 Å². The van der Waals surface area contributed by atoms with Gasteiger partial charge < -0.3 is 9.47 Å². The summed E-state index contributed by atoms with van der Waals surface area (Å²) >= 11 is 0. The topological polar surface area (TPSA) is 35.5 Å². The predicted molar refractivity (Wildman–Crippen MR) is 60.6 cm³/mol. The van der Waals surface area contributed by atoms with E-state index in [2.05, 4.69) is 27.7 Å². The molecule has 1 unspecified atom stereocenters. The van der Waals surface area contributed by atoms with Crippen molar-refractivity contribution >= 4 is 5.97 Å². The number of carbonyl (C=O) groups is 1. The fourth-order valence-corrected chi connectivity index (χ4v) is 1.48. The zero-order valence-electron chi connectivity index (χ0n) is 10.6. The van der Waals surface area contributed by atoms with E-state index >= 15 is 0 Å². The van der Waals surface area contributed by atoms with E-state index in [0.717, 1.165) is 6.42 Å². The number of ether oxygens (including phenoxy) is 2. The number of methoxy groups -OCH3 is 1. The number of carbonyl (C=O) groups excluding carboxylic acids is 1. The van der Waals surface area contributed by atoms with Gasteiger partial charge in [0.1, 0.15) is 6.61 Å². The lowest BCUT2D eigenvalue weighted by molar-refractivity contribution is -0.152. The summed E-state index contributed by atoms with van der Waals surface area (Å²) < 4.78 is 9.98. The first-order valence-corrected chi connectivity index (χ1v) is 5.64. The Bertz CT molecular complexity index is 176. The lowest BCUT2D eigenvalue weighted by Crippen LogP contribution is -2.25. The van der Waals surface area contributed by atoms with Gasteiger partial charge in [0.25, 0.3) is 0 Å². The molecule has 0 saturated heterocycles. The fourth-order valence-electron chi connectivity index (χ4n) is 1.48. The van der Waals surface area contributed by atoms with Crippen LogP contribution in [0.5, 0.6) is 0 Å². The summed E-state index contributed by atoms with van der Waals surface area (Å²) in [5.41, 5.74) is 0. The molecular weight excluding hydrogens is 192 g/mol. The van der Waals surface area contributed by atoms with Gasteiger partial charge in [0.15, 0.2) is 0 Å². The van der Waals surface area contributed by atoms with Gasteiger partial charge in [-0.25, -0.2) is 0 Å². The van der Waals surface area contributed by atoms with E-state index in [1.807, 2.05) is 0 Å². The monoisotopic (exact) mass is 216 g/mol. The molecule has 15 heavy (non-hydrogen) atoms. The van der Waals surface area contributed by atoms with Crippen LogP contribution < -0.4 is 0 Å². The summed E-state index contributed by atoms with van der Waals surface area (Å²) in [6.07, 6.45) is 0.892. The zero-order valence-corrected chi connectivity index (χ0v) is 10.6. The second kappa shape index (κ2) is 7.69. The first kappa shape index (κ1) is 14.4. The van der Waals surface area contributed by atoms with Crippen LogP contribution in [0.15, 0.2) is 0 Å². The van der Waals surface area contributed by atoms with Gasteiger partial charge >= 0.3 is 5.97 Å². The maximum Gasteiger partial charge on any atom is 0.309 e. The number of hydrogen-bond donors (Lipinski definition) is 0. The standard InChI is InChI=1S/C12H24O3/c1-9(2)8-11(10(3)4)12(13)15-7-6-14-5/h9-11H,6-8H2,1-5H3. The third-order valence-electron chi connectivity index (χ3n) is 2.36. The molecule has 3 heteroatoms. The van der Waals surface area contributed by atoms with Crippen molar-refractivity contribution in [2.24, 2.45) is 17.8 Å². The molecule has 0 N–H and O–H groups in total. The van der Waals surface area contributed by atoms with Crippen LogP contribution >= 0.6 is 0 Å². The molecule has 0 aliphatic carbocycles. The van der Waals surface area contributed by atoms with E-state index in [4.69, 9.17) is 9.47 Å². The first-order chi connectivity index (χ1) is 6.99. The van der Waals surface area contributed by atoms with Gasteiger partial charge in [0, 0.05) is 7.11 Å². The minimum atomic E-state index is -0.0873.